The molecule has 1 N–H and O–H groups in total. The van der Waals surface area contributed by atoms with Gasteiger partial charge in [-0.15, -0.1) is 0 Å². The monoisotopic (exact) mass is 362 g/mol. The number of hydrogen-bond donors (Lipinski definition) is 1. The fourth-order valence-corrected chi connectivity index (χ4v) is 11.3. The van der Waals surface area contributed by atoms with Crippen LogP contribution in [0.25, 0.3) is 0 Å². The Hall–Kier alpha value is -0.123. The van der Waals surface area contributed by atoms with Crippen LogP contribution < -0.4 is 4.98 Å². The zero-order chi connectivity index (χ0) is 18.1. The lowest BCUT2D eigenvalue weighted by molar-refractivity contribution is 0.266. The Bertz CT molecular complexity index is 487. The van der Waals surface area contributed by atoms with Gasteiger partial charge in [-0.2, -0.15) is 0 Å². The van der Waals surface area contributed by atoms with Crippen LogP contribution in [0.1, 0.15) is 85.5 Å². The highest BCUT2D eigenvalue weighted by Crippen LogP contribution is 2.51. The van der Waals surface area contributed by atoms with E-state index in [9.17, 15) is 0 Å². The van der Waals surface area contributed by atoms with Crippen molar-refractivity contribution in [1.29, 1.82) is 0 Å². The van der Waals surface area contributed by atoms with E-state index in [1.54, 1.807) is 0 Å². The van der Waals surface area contributed by atoms with Gasteiger partial charge in [-0.05, 0) is 90.4 Å². The minimum absolute atomic E-state index is 0.246. The lowest BCUT2D eigenvalue weighted by atomic mass is 9.92. The van der Waals surface area contributed by atoms with Gasteiger partial charge in [0.2, 0.25) is 0 Å². The van der Waals surface area contributed by atoms with Gasteiger partial charge in [-0.25, -0.2) is 0 Å². The highest BCUT2D eigenvalue weighted by molar-refractivity contribution is 6.78. The molecule has 0 spiro atoms. The van der Waals surface area contributed by atoms with Crippen molar-refractivity contribution in [2.24, 2.45) is 0 Å². The third-order valence-electron chi connectivity index (χ3n) is 6.90. The van der Waals surface area contributed by atoms with Gasteiger partial charge in [0.25, 0.3) is 0 Å². The third kappa shape index (κ3) is 4.41. The first-order chi connectivity index (χ1) is 11.8. The Morgan fingerprint density at radius 3 is 2.28 bits per heavy atom. The second-order valence-electron chi connectivity index (χ2n) is 10.2. The van der Waals surface area contributed by atoms with Crippen molar-refractivity contribution >= 4 is 8.24 Å². The molecule has 1 aliphatic heterocycles. The summed E-state index contributed by atoms with van der Waals surface area (Å²) in [5, 5.41) is 0. The molecule has 3 aliphatic rings. The molecule has 0 saturated carbocycles. The molecule has 3 rings (SSSR count). The van der Waals surface area contributed by atoms with E-state index in [4.69, 9.17) is 0 Å². The van der Waals surface area contributed by atoms with Crippen LogP contribution in [0.3, 0.4) is 0 Å². The summed E-state index contributed by atoms with van der Waals surface area (Å²) < 4.78 is 0. The molecule has 144 valence electrons. The lowest BCUT2D eigenvalue weighted by Crippen LogP contribution is -2.59. The molecule has 1 heterocycles. The minimum Gasteiger partial charge on any atom is -0.332 e. The summed E-state index contributed by atoms with van der Waals surface area (Å²) in [7, 11) is -1.51. The number of rotatable bonds is 6. The molecule has 0 bridgehead atoms. The van der Waals surface area contributed by atoms with Gasteiger partial charge in [0.15, 0.2) is 0 Å². The number of unbranched alkanes of at least 4 members (excludes halogenated alkanes) is 1. The Labute approximate surface area is 157 Å². The van der Waals surface area contributed by atoms with E-state index in [0.717, 1.165) is 11.6 Å². The normalized spacial score (nSPS) is 30.6. The molecule has 3 atom stereocenters. The van der Waals surface area contributed by atoms with Crippen molar-refractivity contribution < 1.29 is 0 Å². The molecule has 1 fully saturated rings. The van der Waals surface area contributed by atoms with Crippen LogP contribution in [0.15, 0.2) is 11.1 Å². The maximum absolute atomic E-state index is 4.24. The van der Waals surface area contributed by atoms with E-state index in [1.807, 2.05) is 11.1 Å². The first kappa shape index (κ1) is 19.6. The third-order valence-corrected chi connectivity index (χ3v) is 11.7. The Balaban J connectivity index is 1.88. The highest BCUT2D eigenvalue weighted by atomic mass is 28.3. The number of nitrogens with one attached hydrogen (secondary N) is 1. The van der Waals surface area contributed by atoms with Crippen LogP contribution in [0.2, 0.25) is 18.1 Å². The maximum Gasteiger partial charge on any atom is 0.130 e. The SMILES string of the molecule is CCCC[Si@](C)(NC(C)(C)C)C1CC(N2CCCC2)C2=C1CCCC2. The molecule has 0 amide bonds. The molecule has 1 saturated heterocycles. The zero-order valence-electron chi connectivity index (χ0n) is 17.6. The van der Waals surface area contributed by atoms with Gasteiger partial charge in [0.1, 0.15) is 8.24 Å². The smallest absolute Gasteiger partial charge is 0.130 e. The highest BCUT2D eigenvalue weighted by Gasteiger charge is 2.48. The van der Waals surface area contributed by atoms with Crippen molar-refractivity contribution in [3.05, 3.63) is 11.1 Å². The molecule has 0 aromatic heterocycles. The maximum atomic E-state index is 4.24. The largest absolute Gasteiger partial charge is 0.332 e. The molecule has 2 aliphatic carbocycles. The molecule has 2 nitrogen and oxygen atoms in total. The Morgan fingerprint density at radius 1 is 1.04 bits per heavy atom. The second-order valence-corrected chi connectivity index (χ2v) is 14.5. The topological polar surface area (TPSA) is 15.3 Å². The van der Waals surface area contributed by atoms with E-state index >= 15 is 0 Å². The van der Waals surface area contributed by atoms with E-state index in [2.05, 4.69) is 44.1 Å². The summed E-state index contributed by atoms with van der Waals surface area (Å²) in [6.07, 6.45) is 12.7. The molecule has 0 aromatic carbocycles. The van der Waals surface area contributed by atoms with Crippen molar-refractivity contribution in [2.45, 2.75) is 115 Å². The first-order valence-electron chi connectivity index (χ1n) is 11.1. The van der Waals surface area contributed by atoms with Crippen LogP contribution >= 0.6 is 0 Å². The lowest BCUT2D eigenvalue weighted by Gasteiger charge is -2.42. The predicted octanol–water partition coefficient (Wildman–Crippen LogP) is 5.86. The summed E-state index contributed by atoms with van der Waals surface area (Å²) in [6.45, 7) is 14.9. The molecular formula is C22H42N2Si. The number of nitrogens with zero attached hydrogens (tertiary/aromatic N) is 1. The van der Waals surface area contributed by atoms with Gasteiger partial charge in [-0.1, -0.05) is 37.5 Å². The number of likely N-dealkylation sites (tertiary alicyclic amines) is 1. The molecule has 2 unspecified atom stereocenters. The fourth-order valence-electron chi connectivity index (χ4n) is 6.03. The Morgan fingerprint density at radius 2 is 1.68 bits per heavy atom. The fraction of sp³-hybridized carbons (Fsp3) is 0.909. The average molecular weight is 363 g/mol. The molecular weight excluding hydrogens is 320 g/mol. The summed E-state index contributed by atoms with van der Waals surface area (Å²) in [5.74, 6) is 0. The van der Waals surface area contributed by atoms with Crippen molar-refractivity contribution in [2.75, 3.05) is 13.1 Å². The number of hydrogen-bond acceptors (Lipinski definition) is 2. The van der Waals surface area contributed by atoms with Gasteiger partial charge in [0.05, 0.1) is 0 Å². The standard InChI is InChI=1S/C22H42N2Si/c1-6-7-16-25(5,23-22(2,3)4)21-17-20(24-14-10-11-15-24)18-12-8-9-13-19(18)21/h20-21,23H,6-17H2,1-5H3/t20?,21?,25-/m0/s1. The van der Waals surface area contributed by atoms with Crippen LogP contribution in [-0.4, -0.2) is 37.8 Å². The van der Waals surface area contributed by atoms with Crippen LogP contribution in [0, 0.1) is 0 Å². The Kier molecular flexibility index (Phi) is 6.17. The van der Waals surface area contributed by atoms with Crippen molar-refractivity contribution in [1.82, 2.24) is 9.88 Å². The molecule has 3 heteroatoms. The van der Waals surface area contributed by atoms with E-state index < -0.39 is 8.24 Å². The zero-order valence-corrected chi connectivity index (χ0v) is 18.6. The van der Waals surface area contributed by atoms with Gasteiger partial charge >= 0.3 is 0 Å². The van der Waals surface area contributed by atoms with Crippen molar-refractivity contribution in [3.63, 3.8) is 0 Å². The van der Waals surface area contributed by atoms with Crippen molar-refractivity contribution in [3.8, 4) is 0 Å². The predicted molar refractivity (Wildman–Crippen MR) is 113 cm³/mol. The summed E-state index contributed by atoms with van der Waals surface area (Å²) in [6, 6.07) is 2.26. The average Bonchev–Trinajstić information content (AvgIpc) is 3.18. The van der Waals surface area contributed by atoms with E-state index in [-0.39, 0.29) is 5.54 Å². The van der Waals surface area contributed by atoms with Gasteiger partial charge < -0.3 is 4.98 Å². The van der Waals surface area contributed by atoms with Crippen LogP contribution in [-0.2, 0) is 0 Å². The summed E-state index contributed by atoms with van der Waals surface area (Å²) >= 11 is 0. The second kappa shape index (κ2) is 7.86. The van der Waals surface area contributed by atoms with E-state index in [0.29, 0.717) is 0 Å². The summed E-state index contributed by atoms with van der Waals surface area (Å²) in [4.78, 5) is 7.09. The number of allylic oxidation sites excluding steroid dienone is 1. The molecule has 0 radical (unpaired) electrons. The van der Waals surface area contributed by atoms with E-state index in [1.165, 1.54) is 76.9 Å². The first-order valence-corrected chi connectivity index (χ1v) is 13.9. The van der Waals surface area contributed by atoms with Crippen LogP contribution in [0.5, 0.6) is 0 Å². The van der Waals surface area contributed by atoms with Gasteiger partial charge in [0, 0.05) is 11.6 Å². The minimum atomic E-state index is -1.51. The quantitative estimate of drug-likeness (QED) is 0.470. The van der Waals surface area contributed by atoms with Crippen LogP contribution in [0.4, 0.5) is 0 Å². The van der Waals surface area contributed by atoms with Gasteiger partial charge in [-0.3, -0.25) is 4.90 Å². The molecule has 25 heavy (non-hydrogen) atoms. The summed E-state index contributed by atoms with van der Waals surface area (Å²) in [5.41, 5.74) is 4.98. The molecule has 0 aromatic rings.